The fraction of sp³-hybridized carbons (Fsp3) is 0.208. The molecule has 3 heteroatoms. The Morgan fingerprint density at radius 3 is 1.93 bits per heavy atom. The van der Waals surface area contributed by atoms with E-state index in [0.29, 0.717) is 6.42 Å². The van der Waals surface area contributed by atoms with Crippen molar-refractivity contribution in [3.63, 3.8) is 0 Å². The van der Waals surface area contributed by atoms with Gasteiger partial charge in [0.1, 0.15) is 0 Å². The molecule has 1 heterocycles. The van der Waals surface area contributed by atoms with Gasteiger partial charge >= 0.3 is 0 Å². The van der Waals surface area contributed by atoms with Gasteiger partial charge in [-0.2, -0.15) is 0 Å². The zero-order valence-electron chi connectivity index (χ0n) is 15.2. The third-order valence-corrected chi connectivity index (χ3v) is 5.41. The van der Waals surface area contributed by atoms with Crippen LogP contribution in [-0.4, -0.2) is 10.9 Å². The summed E-state index contributed by atoms with van der Waals surface area (Å²) in [7, 11) is 0. The molecule has 3 aromatic rings. The van der Waals surface area contributed by atoms with E-state index in [4.69, 9.17) is 0 Å². The van der Waals surface area contributed by atoms with E-state index in [-0.39, 0.29) is 18.0 Å². The van der Waals surface area contributed by atoms with Gasteiger partial charge in [0.25, 0.3) is 0 Å². The van der Waals surface area contributed by atoms with Gasteiger partial charge in [0.15, 0.2) is 0 Å². The smallest absolute Gasteiger partial charge is 0.0642 e. The van der Waals surface area contributed by atoms with Crippen molar-refractivity contribution in [2.45, 2.75) is 24.9 Å². The molecule has 4 rings (SSSR count). The summed E-state index contributed by atoms with van der Waals surface area (Å²) in [6, 6.07) is 31.5. The molecule has 0 unspecified atom stereocenters. The molecule has 0 aromatic heterocycles. The van der Waals surface area contributed by atoms with Crippen LogP contribution in [0.1, 0.15) is 35.2 Å². The lowest BCUT2D eigenvalue weighted by Crippen LogP contribution is -2.43. The minimum atomic E-state index is 0.0938. The van der Waals surface area contributed by atoms with Crippen LogP contribution in [0.2, 0.25) is 0 Å². The fourth-order valence-electron chi connectivity index (χ4n) is 4.05. The summed E-state index contributed by atoms with van der Waals surface area (Å²) in [5.74, 6) is 0.111. The van der Waals surface area contributed by atoms with E-state index in [1.165, 1.54) is 16.7 Å². The Morgan fingerprint density at radius 2 is 1.33 bits per heavy atom. The van der Waals surface area contributed by atoms with Gasteiger partial charge in [-0.3, -0.25) is 0 Å². The van der Waals surface area contributed by atoms with E-state index in [1.54, 1.807) is 0 Å². The van der Waals surface area contributed by atoms with Crippen molar-refractivity contribution in [1.82, 2.24) is 5.32 Å². The predicted octanol–water partition coefficient (Wildman–Crippen LogP) is 5.15. The summed E-state index contributed by atoms with van der Waals surface area (Å²) in [5, 5.41) is 17.4. The number of hydrogen-bond acceptors (Lipinski definition) is 3. The number of nitrogens with one attached hydrogen (secondary N) is 1. The van der Waals surface area contributed by atoms with Gasteiger partial charge in [-0.25, -0.2) is 0 Å². The highest BCUT2D eigenvalue weighted by Crippen LogP contribution is 2.37. The molecule has 0 spiro atoms. The second kappa shape index (κ2) is 8.19. The third kappa shape index (κ3) is 3.93. The number of piperidine rings is 1. The molecule has 0 aliphatic carbocycles. The fourth-order valence-corrected chi connectivity index (χ4v) is 4.05. The lowest BCUT2D eigenvalue weighted by molar-refractivity contribution is 0.288. The van der Waals surface area contributed by atoms with Crippen molar-refractivity contribution in [1.29, 1.82) is 0 Å². The second-order valence-corrected chi connectivity index (χ2v) is 7.11. The van der Waals surface area contributed by atoms with Gasteiger partial charge in [0, 0.05) is 24.4 Å². The Hall–Kier alpha value is -2.91. The summed E-state index contributed by atoms with van der Waals surface area (Å²) < 4.78 is 0. The Morgan fingerprint density at radius 1 is 0.778 bits per heavy atom. The van der Waals surface area contributed by atoms with E-state index in [2.05, 4.69) is 83.3 Å². The first-order valence-corrected chi connectivity index (χ1v) is 9.46. The summed E-state index contributed by atoms with van der Waals surface area (Å²) in [6.45, 7) is 0. The van der Waals surface area contributed by atoms with Crippen molar-refractivity contribution in [2.24, 2.45) is 11.1 Å². The van der Waals surface area contributed by atoms with E-state index in [1.807, 2.05) is 18.2 Å². The molecule has 1 aliphatic heterocycles. The van der Waals surface area contributed by atoms with Crippen LogP contribution >= 0.6 is 0 Å². The van der Waals surface area contributed by atoms with Gasteiger partial charge in [-0.05, 0) is 23.1 Å². The molecule has 0 saturated carbocycles. The molecular weight excluding hydrogens is 332 g/mol. The van der Waals surface area contributed by atoms with Gasteiger partial charge in [-0.1, -0.05) is 96.2 Å². The van der Waals surface area contributed by atoms with Crippen LogP contribution in [0.4, 0.5) is 0 Å². The van der Waals surface area contributed by atoms with Crippen molar-refractivity contribution in [3.05, 3.63) is 108 Å². The molecule has 2 N–H and O–H groups in total. The molecular formula is C24H24N2O. The van der Waals surface area contributed by atoms with Crippen LogP contribution in [0.5, 0.6) is 0 Å². The van der Waals surface area contributed by atoms with E-state index in [9.17, 15) is 5.21 Å². The third-order valence-electron chi connectivity index (χ3n) is 5.41. The van der Waals surface area contributed by atoms with E-state index < -0.39 is 0 Å². The standard InChI is InChI=1S/C24H24N2O/c27-26-23-17-22(19-12-6-2-7-13-19)25-24(20-14-8-3-9-15-20)21(23)16-18-10-4-1-5-11-18/h1-15,21-22,24-25,27H,16-17H2/b26-23-/t21-,22+,24-/m0/s1. The number of nitrogens with zero attached hydrogens (tertiary/aromatic N) is 1. The highest BCUT2D eigenvalue weighted by Gasteiger charge is 2.36. The van der Waals surface area contributed by atoms with Crippen molar-refractivity contribution >= 4 is 5.71 Å². The van der Waals surface area contributed by atoms with Crippen molar-refractivity contribution < 1.29 is 5.21 Å². The zero-order valence-corrected chi connectivity index (χ0v) is 15.2. The van der Waals surface area contributed by atoms with Crippen molar-refractivity contribution in [2.75, 3.05) is 0 Å². The Bertz CT molecular complexity index is 878. The highest BCUT2D eigenvalue weighted by atomic mass is 16.4. The Kier molecular flexibility index (Phi) is 5.31. The SMILES string of the molecule is O/N=C1/C[C@H](c2ccccc2)N[C@@H](c2ccccc2)[C@H]1Cc1ccccc1. The van der Waals surface area contributed by atoms with Crippen LogP contribution < -0.4 is 5.32 Å². The molecule has 0 bridgehead atoms. The maximum Gasteiger partial charge on any atom is 0.0642 e. The molecule has 136 valence electrons. The van der Waals surface area contributed by atoms with Crippen LogP contribution in [0.3, 0.4) is 0 Å². The average Bonchev–Trinajstić information content (AvgIpc) is 2.76. The number of rotatable bonds is 4. The number of benzene rings is 3. The first kappa shape index (κ1) is 17.5. The lowest BCUT2D eigenvalue weighted by atomic mass is 9.77. The number of hydrogen-bond donors (Lipinski definition) is 2. The number of oxime groups is 1. The summed E-state index contributed by atoms with van der Waals surface area (Å²) in [6.07, 6.45) is 1.55. The minimum absolute atomic E-state index is 0.0938. The predicted molar refractivity (Wildman–Crippen MR) is 109 cm³/mol. The molecule has 0 radical (unpaired) electrons. The van der Waals surface area contributed by atoms with Crippen LogP contribution in [0, 0.1) is 5.92 Å². The molecule has 0 amide bonds. The Balaban J connectivity index is 1.70. The molecule has 27 heavy (non-hydrogen) atoms. The quantitative estimate of drug-likeness (QED) is 0.501. The maximum absolute atomic E-state index is 9.83. The summed E-state index contributed by atoms with van der Waals surface area (Å²) in [4.78, 5) is 0. The molecule has 3 aromatic carbocycles. The average molecular weight is 356 g/mol. The molecule has 3 nitrogen and oxygen atoms in total. The maximum atomic E-state index is 9.83. The summed E-state index contributed by atoms with van der Waals surface area (Å²) >= 11 is 0. The first-order chi connectivity index (χ1) is 13.3. The Labute approximate surface area is 160 Å². The van der Waals surface area contributed by atoms with Gasteiger partial charge in [-0.15, -0.1) is 0 Å². The van der Waals surface area contributed by atoms with E-state index in [0.717, 1.165) is 12.1 Å². The highest BCUT2D eigenvalue weighted by molar-refractivity contribution is 5.89. The topological polar surface area (TPSA) is 44.6 Å². The molecule has 3 atom stereocenters. The normalized spacial score (nSPS) is 24.0. The van der Waals surface area contributed by atoms with Gasteiger partial charge in [0.2, 0.25) is 0 Å². The van der Waals surface area contributed by atoms with Crippen LogP contribution in [0.25, 0.3) is 0 Å². The van der Waals surface area contributed by atoms with Gasteiger partial charge < -0.3 is 10.5 Å². The lowest BCUT2D eigenvalue weighted by Gasteiger charge is -2.39. The van der Waals surface area contributed by atoms with Gasteiger partial charge in [0.05, 0.1) is 5.71 Å². The summed E-state index contributed by atoms with van der Waals surface area (Å²) in [5.41, 5.74) is 4.56. The van der Waals surface area contributed by atoms with Crippen molar-refractivity contribution in [3.8, 4) is 0 Å². The van der Waals surface area contributed by atoms with E-state index >= 15 is 0 Å². The first-order valence-electron chi connectivity index (χ1n) is 9.46. The molecule has 1 saturated heterocycles. The zero-order chi connectivity index (χ0) is 18.5. The monoisotopic (exact) mass is 356 g/mol. The van der Waals surface area contributed by atoms with Crippen LogP contribution in [-0.2, 0) is 6.42 Å². The molecule has 1 aliphatic rings. The second-order valence-electron chi connectivity index (χ2n) is 7.11. The molecule has 1 fully saturated rings. The minimum Gasteiger partial charge on any atom is -0.411 e. The van der Waals surface area contributed by atoms with Crippen LogP contribution in [0.15, 0.2) is 96.2 Å². The largest absolute Gasteiger partial charge is 0.411 e.